The van der Waals surface area contributed by atoms with Gasteiger partial charge in [0.05, 0.1) is 0 Å². The van der Waals surface area contributed by atoms with E-state index in [1.807, 2.05) is 6.92 Å². The van der Waals surface area contributed by atoms with Crippen LogP contribution in [0.5, 0.6) is 0 Å². The largest absolute Gasteiger partial charge is 0.431 e. The molecule has 94 valence electrons. The third-order valence-electron chi connectivity index (χ3n) is 1.14. The van der Waals surface area contributed by atoms with Gasteiger partial charge in [0.15, 0.2) is 0 Å². The smallest absolute Gasteiger partial charge is 0.335 e. The van der Waals surface area contributed by atoms with Crippen molar-refractivity contribution in [2.75, 3.05) is 0 Å². The summed E-state index contributed by atoms with van der Waals surface area (Å²) in [6.07, 6.45) is 1.35. The molecule has 0 spiro atoms. The summed E-state index contributed by atoms with van der Waals surface area (Å²) in [5.41, 5.74) is 0.280. The SMILES string of the molecule is C=C(C)C(=O)OC(C)(C)O.CCCC(=O)Cl. The van der Waals surface area contributed by atoms with Crippen LogP contribution in [0.1, 0.15) is 40.5 Å². The molecule has 0 aromatic carbocycles. The molecule has 0 radical (unpaired) electrons. The third-order valence-corrected chi connectivity index (χ3v) is 1.33. The van der Waals surface area contributed by atoms with E-state index in [9.17, 15) is 9.59 Å². The Morgan fingerprint density at radius 3 is 1.94 bits per heavy atom. The van der Waals surface area contributed by atoms with Gasteiger partial charge in [-0.2, -0.15) is 0 Å². The van der Waals surface area contributed by atoms with Gasteiger partial charge in [-0.1, -0.05) is 13.5 Å². The van der Waals surface area contributed by atoms with Crippen LogP contribution in [0.25, 0.3) is 0 Å². The van der Waals surface area contributed by atoms with Crippen LogP contribution in [-0.2, 0) is 14.3 Å². The van der Waals surface area contributed by atoms with Gasteiger partial charge in [0.25, 0.3) is 0 Å². The van der Waals surface area contributed by atoms with E-state index in [1.165, 1.54) is 20.8 Å². The van der Waals surface area contributed by atoms with Gasteiger partial charge in [-0.05, 0) is 24.9 Å². The van der Waals surface area contributed by atoms with Crippen LogP contribution in [-0.4, -0.2) is 22.1 Å². The maximum atomic E-state index is 10.7. The van der Waals surface area contributed by atoms with E-state index >= 15 is 0 Å². The fraction of sp³-hybridized carbons (Fsp3) is 0.636. The van der Waals surface area contributed by atoms with E-state index < -0.39 is 11.8 Å². The molecular formula is C11H19ClO4. The van der Waals surface area contributed by atoms with Gasteiger partial charge in [0.2, 0.25) is 11.0 Å². The van der Waals surface area contributed by atoms with Crippen LogP contribution in [0, 0.1) is 0 Å². The molecule has 0 atom stereocenters. The molecule has 0 aliphatic rings. The Balaban J connectivity index is 0. The summed E-state index contributed by atoms with van der Waals surface area (Å²) in [4.78, 5) is 20.5. The quantitative estimate of drug-likeness (QED) is 0.360. The monoisotopic (exact) mass is 250 g/mol. The van der Waals surface area contributed by atoms with Crippen molar-refractivity contribution in [2.24, 2.45) is 0 Å². The van der Waals surface area contributed by atoms with Crippen LogP contribution in [0.3, 0.4) is 0 Å². The number of rotatable bonds is 4. The first-order chi connectivity index (χ1) is 7.10. The molecule has 0 aliphatic carbocycles. The lowest BCUT2D eigenvalue weighted by molar-refractivity contribution is -0.190. The number of ether oxygens (including phenoxy) is 1. The topological polar surface area (TPSA) is 63.6 Å². The van der Waals surface area contributed by atoms with Crippen molar-refractivity contribution in [2.45, 2.75) is 46.3 Å². The van der Waals surface area contributed by atoms with E-state index in [0.29, 0.717) is 6.42 Å². The van der Waals surface area contributed by atoms with Crippen LogP contribution >= 0.6 is 11.6 Å². The van der Waals surface area contributed by atoms with Crippen molar-refractivity contribution in [1.29, 1.82) is 0 Å². The maximum Gasteiger partial charge on any atom is 0.335 e. The standard InChI is InChI=1S/C7H12O3.C4H7ClO/c1-5(2)6(8)10-7(3,4)9;1-2-3-4(5)6/h9H,1H2,2-4H3;2-3H2,1H3. The van der Waals surface area contributed by atoms with Crippen molar-refractivity contribution < 1.29 is 19.4 Å². The van der Waals surface area contributed by atoms with Crippen molar-refractivity contribution in [1.82, 2.24) is 0 Å². The van der Waals surface area contributed by atoms with Crippen LogP contribution < -0.4 is 0 Å². The zero-order chi connectivity index (χ0) is 13.4. The molecule has 0 amide bonds. The Labute approximate surface area is 101 Å². The zero-order valence-corrected chi connectivity index (χ0v) is 10.9. The van der Waals surface area contributed by atoms with Crippen LogP contribution in [0.4, 0.5) is 0 Å². The molecule has 0 aliphatic heterocycles. The van der Waals surface area contributed by atoms with Crippen molar-refractivity contribution >= 4 is 22.8 Å². The lowest BCUT2D eigenvalue weighted by Gasteiger charge is -2.17. The number of hydrogen-bond donors (Lipinski definition) is 1. The summed E-state index contributed by atoms with van der Waals surface area (Å²) in [7, 11) is 0. The molecule has 0 unspecified atom stereocenters. The minimum absolute atomic E-state index is 0.238. The number of carbonyl (C=O) groups is 2. The van der Waals surface area contributed by atoms with E-state index in [4.69, 9.17) is 16.7 Å². The molecule has 0 rings (SSSR count). The highest BCUT2D eigenvalue weighted by atomic mass is 35.5. The van der Waals surface area contributed by atoms with Gasteiger partial charge in [0, 0.05) is 25.8 Å². The molecule has 5 heteroatoms. The average Bonchev–Trinajstić information content (AvgIpc) is 2.01. The molecule has 0 saturated heterocycles. The Bertz CT molecular complexity index is 253. The fourth-order valence-electron chi connectivity index (χ4n) is 0.511. The van der Waals surface area contributed by atoms with E-state index in [0.717, 1.165) is 6.42 Å². The summed E-state index contributed by atoms with van der Waals surface area (Å²) >= 11 is 4.94. The number of halogens is 1. The van der Waals surface area contributed by atoms with Gasteiger partial charge in [-0.15, -0.1) is 0 Å². The number of esters is 1. The molecular weight excluding hydrogens is 232 g/mol. The van der Waals surface area contributed by atoms with E-state index in [1.54, 1.807) is 0 Å². The second kappa shape index (κ2) is 8.30. The zero-order valence-electron chi connectivity index (χ0n) is 10.2. The summed E-state index contributed by atoms with van der Waals surface area (Å²) in [5.74, 6) is -1.98. The van der Waals surface area contributed by atoms with Gasteiger partial charge in [-0.3, -0.25) is 4.79 Å². The summed E-state index contributed by atoms with van der Waals surface area (Å²) in [6.45, 7) is 9.56. The highest BCUT2D eigenvalue weighted by Gasteiger charge is 2.18. The summed E-state index contributed by atoms with van der Waals surface area (Å²) in [6, 6.07) is 0. The lowest BCUT2D eigenvalue weighted by atomic mass is 10.3. The minimum atomic E-state index is -1.41. The molecule has 0 heterocycles. The first-order valence-corrected chi connectivity index (χ1v) is 5.27. The number of hydrogen-bond acceptors (Lipinski definition) is 4. The van der Waals surface area contributed by atoms with Crippen molar-refractivity contribution in [3.05, 3.63) is 12.2 Å². The molecule has 0 aromatic heterocycles. The summed E-state index contributed by atoms with van der Waals surface area (Å²) < 4.78 is 4.52. The predicted octanol–water partition coefficient (Wildman–Crippen LogP) is 2.39. The first kappa shape index (κ1) is 17.5. The molecule has 0 aromatic rings. The molecule has 0 bridgehead atoms. The van der Waals surface area contributed by atoms with Gasteiger partial charge in [-0.25, -0.2) is 4.79 Å². The highest BCUT2D eigenvalue weighted by molar-refractivity contribution is 6.63. The van der Waals surface area contributed by atoms with Gasteiger partial charge >= 0.3 is 5.97 Å². The minimum Gasteiger partial charge on any atom is -0.431 e. The Kier molecular flexibility index (Phi) is 9.09. The van der Waals surface area contributed by atoms with Crippen LogP contribution in [0.15, 0.2) is 12.2 Å². The molecule has 0 fully saturated rings. The Hall–Kier alpha value is -0.870. The highest BCUT2D eigenvalue weighted by Crippen LogP contribution is 2.06. The predicted molar refractivity (Wildman–Crippen MR) is 63.0 cm³/mol. The Morgan fingerprint density at radius 1 is 1.44 bits per heavy atom. The third kappa shape index (κ3) is 15.6. The Morgan fingerprint density at radius 2 is 1.88 bits per heavy atom. The van der Waals surface area contributed by atoms with Crippen LogP contribution in [0.2, 0.25) is 0 Å². The first-order valence-electron chi connectivity index (χ1n) is 4.89. The summed E-state index contributed by atoms with van der Waals surface area (Å²) in [5, 5.41) is 8.71. The van der Waals surface area contributed by atoms with E-state index in [2.05, 4.69) is 11.3 Å². The number of aliphatic hydroxyl groups is 1. The molecule has 0 saturated carbocycles. The lowest BCUT2D eigenvalue weighted by Crippen LogP contribution is -2.27. The van der Waals surface area contributed by atoms with Crippen molar-refractivity contribution in [3.8, 4) is 0 Å². The average molecular weight is 251 g/mol. The second-order valence-corrected chi connectivity index (χ2v) is 4.14. The van der Waals surface area contributed by atoms with Crippen molar-refractivity contribution in [3.63, 3.8) is 0 Å². The molecule has 4 nitrogen and oxygen atoms in total. The molecule has 16 heavy (non-hydrogen) atoms. The molecule has 1 N–H and O–H groups in total. The van der Waals surface area contributed by atoms with E-state index in [-0.39, 0.29) is 10.8 Å². The normalized spacial score (nSPS) is 9.88. The fourth-order valence-corrected chi connectivity index (χ4v) is 0.700. The number of carbonyl (C=O) groups excluding carboxylic acids is 2. The maximum absolute atomic E-state index is 10.7. The van der Waals surface area contributed by atoms with Gasteiger partial charge in [0.1, 0.15) is 0 Å². The van der Waals surface area contributed by atoms with Gasteiger partial charge < -0.3 is 9.84 Å². The second-order valence-electron chi connectivity index (χ2n) is 3.72.